The normalized spacial score (nSPS) is 10.6. The summed E-state index contributed by atoms with van der Waals surface area (Å²) in [6, 6.07) is 1.97. The third-order valence-electron chi connectivity index (χ3n) is 2.50. The van der Waals surface area contributed by atoms with Crippen molar-refractivity contribution in [1.82, 2.24) is 5.32 Å². The summed E-state index contributed by atoms with van der Waals surface area (Å²) >= 11 is 9.64. The zero-order valence-electron chi connectivity index (χ0n) is 8.75. The molecule has 0 aliphatic carbocycles. The van der Waals surface area contributed by atoms with E-state index < -0.39 is 0 Å². The number of likely N-dealkylation sites (N-methyl/N-ethyl adjacent to an activating group) is 1. The van der Waals surface area contributed by atoms with Crippen molar-refractivity contribution < 1.29 is 0 Å². The van der Waals surface area contributed by atoms with Gasteiger partial charge in [-0.1, -0.05) is 27.5 Å². The minimum atomic E-state index is 0.841. The number of halogens is 2. The molecule has 0 unspecified atom stereocenters. The van der Waals surface area contributed by atoms with Crippen molar-refractivity contribution in [3.8, 4) is 0 Å². The Balaban J connectivity index is 3.11. The molecule has 0 amide bonds. The second-order valence-electron chi connectivity index (χ2n) is 3.42. The minimum Gasteiger partial charge on any atom is -0.319 e. The van der Waals surface area contributed by atoms with E-state index in [2.05, 4.69) is 35.1 Å². The molecule has 1 nitrogen and oxygen atoms in total. The molecule has 78 valence electrons. The summed E-state index contributed by atoms with van der Waals surface area (Å²) in [5.41, 5.74) is 3.84. The summed E-state index contributed by atoms with van der Waals surface area (Å²) in [6.45, 7) is 5.18. The first-order chi connectivity index (χ1) is 6.57. The SMILES string of the molecule is CNCCc1c(C)c(Cl)cc(Br)c1C. The second kappa shape index (κ2) is 5.15. The third kappa shape index (κ3) is 2.50. The fourth-order valence-corrected chi connectivity index (χ4v) is 2.35. The lowest BCUT2D eigenvalue weighted by Gasteiger charge is -2.13. The predicted molar refractivity (Wildman–Crippen MR) is 66.3 cm³/mol. The second-order valence-corrected chi connectivity index (χ2v) is 4.68. The van der Waals surface area contributed by atoms with Crippen LogP contribution in [0.25, 0.3) is 0 Å². The van der Waals surface area contributed by atoms with Crippen LogP contribution in [0.3, 0.4) is 0 Å². The highest BCUT2D eigenvalue weighted by atomic mass is 79.9. The van der Waals surface area contributed by atoms with E-state index in [-0.39, 0.29) is 0 Å². The molecule has 0 aliphatic heterocycles. The van der Waals surface area contributed by atoms with Gasteiger partial charge in [0.2, 0.25) is 0 Å². The minimum absolute atomic E-state index is 0.841. The molecule has 3 heteroatoms. The van der Waals surface area contributed by atoms with E-state index in [4.69, 9.17) is 11.6 Å². The molecule has 0 aliphatic rings. The number of hydrogen-bond acceptors (Lipinski definition) is 1. The first kappa shape index (κ1) is 12.0. The Bertz CT molecular complexity index is 310. The molecule has 1 aromatic rings. The monoisotopic (exact) mass is 275 g/mol. The molecule has 1 N–H and O–H groups in total. The van der Waals surface area contributed by atoms with Gasteiger partial charge in [-0.2, -0.15) is 0 Å². The summed E-state index contributed by atoms with van der Waals surface area (Å²) in [5.74, 6) is 0. The zero-order valence-corrected chi connectivity index (χ0v) is 11.1. The largest absolute Gasteiger partial charge is 0.319 e. The molecule has 0 saturated heterocycles. The predicted octanol–water partition coefficient (Wildman–Crippen LogP) is 3.48. The maximum atomic E-state index is 6.12. The highest BCUT2D eigenvalue weighted by molar-refractivity contribution is 9.10. The molecule has 14 heavy (non-hydrogen) atoms. The molecule has 1 aromatic carbocycles. The Kier molecular flexibility index (Phi) is 4.42. The van der Waals surface area contributed by atoms with Crippen LogP contribution in [-0.2, 0) is 6.42 Å². The van der Waals surface area contributed by atoms with Crippen molar-refractivity contribution in [3.63, 3.8) is 0 Å². The lowest BCUT2D eigenvalue weighted by atomic mass is 10.00. The maximum absolute atomic E-state index is 6.12. The van der Waals surface area contributed by atoms with Gasteiger partial charge in [0.05, 0.1) is 0 Å². The van der Waals surface area contributed by atoms with Gasteiger partial charge < -0.3 is 5.32 Å². The van der Waals surface area contributed by atoms with Gasteiger partial charge in [-0.3, -0.25) is 0 Å². The molecule has 0 aromatic heterocycles. The summed E-state index contributed by atoms with van der Waals surface area (Å²) in [5, 5.41) is 3.99. The maximum Gasteiger partial charge on any atom is 0.0449 e. The van der Waals surface area contributed by atoms with Gasteiger partial charge in [0.25, 0.3) is 0 Å². The van der Waals surface area contributed by atoms with Gasteiger partial charge in [0.1, 0.15) is 0 Å². The molecule has 0 fully saturated rings. The smallest absolute Gasteiger partial charge is 0.0449 e. The molecular formula is C11H15BrClN. The van der Waals surface area contributed by atoms with Crippen molar-refractivity contribution in [2.24, 2.45) is 0 Å². The lowest BCUT2D eigenvalue weighted by molar-refractivity contribution is 0.785. The Morgan fingerprint density at radius 3 is 2.57 bits per heavy atom. The van der Waals surface area contributed by atoms with Gasteiger partial charge in [0.15, 0.2) is 0 Å². The van der Waals surface area contributed by atoms with Gasteiger partial charge in [-0.25, -0.2) is 0 Å². The van der Waals surface area contributed by atoms with E-state index in [1.807, 2.05) is 13.1 Å². The molecule has 0 bridgehead atoms. The van der Waals surface area contributed by atoms with Gasteiger partial charge in [-0.15, -0.1) is 0 Å². The summed E-state index contributed by atoms with van der Waals surface area (Å²) in [4.78, 5) is 0. The summed E-state index contributed by atoms with van der Waals surface area (Å²) in [6.07, 6.45) is 1.02. The summed E-state index contributed by atoms with van der Waals surface area (Å²) in [7, 11) is 1.96. The van der Waals surface area contributed by atoms with Crippen LogP contribution in [-0.4, -0.2) is 13.6 Å². The van der Waals surface area contributed by atoms with Gasteiger partial charge in [0, 0.05) is 9.50 Å². The van der Waals surface area contributed by atoms with Crippen molar-refractivity contribution in [1.29, 1.82) is 0 Å². The Morgan fingerprint density at radius 2 is 2.00 bits per heavy atom. The average molecular weight is 277 g/mol. The first-order valence-corrected chi connectivity index (χ1v) is 5.83. The fourth-order valence-electron chi connectivity index (χ4n) is 1.52. The first-order valence-electron chi connectivity index (χ1n) is 4.66. The van der Waals surface area contributed by atoms with Crippen molar-refractivity contribution in [3.05, 3.63) is 32.3 Å². The number of nitrogens with one attached hydrogen (secondary N) is 1. The standard InChI is InChI=1S/C11H15BrClN/c1-7-9(4-5-14-3)8(2)11(13)6-10(7)12/h6,14H,4-5H2,1-3H3. The van der Waals surface area contributed by atoms with Crippen LogP contribution in [0.15, 0.2) is 10.5 Å². The van der Waals surface area contributed by atoms with Crippen molar-refractivity contribution >= 4 is 27.5 Å². The third-order valence-corrected chi connectivity index (χ3v) is 3.72. The highest BCUT2D eigenvalue weighted by Crippen LogP contribution is 2.29. The molecule has 0 radical (unpaired) electrons. The topological polar surface area (TPSA) is 12.0 Å². The molecule has 0 heterocycles. The lowest BCUT2D eigenvalue weighted by Crippen LogP contribution is -2.12. The van der Waals surface area contributed by atoms with E-state index in [1.165, 1.54) is 16.7 Å². The van der Waals surface area contributed by atoms with Crippen molar-refractivity contribution in [2.75, 3.05) is 13.6 Å². The zero-order chi connectivity index (χ0) is 10.7. The molecule has 0 atom stereocenters. The summed E-state index contributed by atoms with van der Waals surface area (Å²) < 4.78 is 1.10. The Morgan fingerprint density at radius 1 is 1.36 bits per heavy atom. The average Bonchev–Trinajstić information content (AvgIpc) is 2.15. The Hall–Kier alpha value is -0.0500. The molecule has 0 saturated carbocycles. The number of benzene rings is 1. The van der Waals surface area contributed by atoms with E-state index in [0.717, 1.165) is 22.5 Å². The van der Waals surface area contributed by atoms with Gasteiger partial charge in [-0.05, 0) is 56.6 Å². The van der Waals surface area contributed by atoms with Crippen molar-refractivity contribution in [2.45, 2.75) is 20.3 Å². The molecule has 0 spiro atoms. The van der Waals surface area contributed by atoms with Crippen LogP contribution >= 0.6 is 27.5 Å². The van der Waals surface area contributed by atoms with E-state index in [0.29, 0.717) is 0 Å². The van der Waals surface area contributed by atoms with Crippen LogP contribution in [0, 0.1) is 13.8 Å². The van der Waals surface area contributed by atoms with Crippen LogP contribution in [0.1, 0.15) is 16.7 Å². The van der Waals surface area contributed by atoms with Crippen LogP contribution in [0.2, 0.25) is 5.02 Å². The Labute approximate surface area is 99.0 Å². The van der Waals surface area contributed by atoms with E-state index >= 15 is 0 Å². The van der Waals surface area contributed by atoms with Crippen LogP contribution in [0.5, 0.6) is 0 Å². The van der Waals surface area contributed by atoms with Crippen LogP contribution < -0.4 is 5.32 Å². The highest BCUT2D eigenvalue weighted by Gasteiger charge is 2.09. The quantitative estimate of drug-likeness (QED) is 0.891. The number of hydrogen-bond donors (Lipinski definition) is 1. The van der Waals surface area contributed by atoms with Crippen LogP contribution in [0.4, 0.5) is 0 Å². The van der Waals surface area contributed by atoms with E-state index in [9.17, 15) is 0 Å². The fraction of sp³-hybridized carbons (Fsp3) is 0.455. The molecule has 1 rings (SSSR count). The van der Waals surface area contributed by atoms with Gasteiger partial charge >= 0.3 is 0 Å². The number of rotatable bonds is 3. The van der Waals surface area contributed by atoms with E-state index in [1.54, 1.807) is 0 Å². The molecular weight excluding hydrogens is 261 g/mol.